The minimum absolute atomic E-state index is 0.124. The second kappa shape index (κ2) is 11.3. The van der Waals surface area contributed by atoms with Gasteiger partial charge in [-0.1, -0.05) is 41.5 Å². The predicted octanol–water partition coefficient (Wildman–Crippen LogP) is 6.84. The Labute approximate surface area is 244 Å². The van der Waals surface area contributed by atoms with Crippen LogP contribution >= 0.6 is 0 Å². The largest absolute Gasteiger partial charge is 0.496 e. The third-order valence-electron chi connectivity index (χ3n) is 9.27. The van der Waals surface area contributed by atoms with Crippen molar-refractivity contribution in [1.82, 2.24) is 15.0 Å². The molecule has 9 heteroatoms. The third-order valence-corrected chi connectivity index (χ3v) is 15.4. The fraction of sp³-hybridized carbons (Fsp3) is 0.562. The first kappa shape index (κ1) is 29.4. The Morgan fingerprint density at radius 1 is 1.00 bits per heavy atom. The van der Waals surface area contributed by atoms with E-state index in [4.69, 9.17) is 14.1 Å². The molecule has 2 aromatic heterocycles. The van der Waals surface area contributed by atoms with E-state index in [1.54, 1.807) is 7.11 Å². The number of benzene rings is 1. The van der Waals surface area contributed by atoms with Crippen LogP contribution in [0.1, 0.15) is 83.4 Å². The number of pyridine rings is 1. The number of fused-ring (bicyclic) bond motifs is 1. The lowest BCUT2D eigenvalue weighted by Gasteiger charge is -2.44. The molecule has 2 aliphatic rings. The number of rotatable bonds is 10. The number of nitrogens with zero attached hydrogens (tertiary/aromatic N) is 4. The van der Waals surface area contributed by atoms with Gasteiger partial charge >= 0.3 is 5.97 Å². The first-order valence-corrected chi connectivity index (χ1v) is 17.1. The molecule has 0 unspecified atom stereocenters. The van der Waals surface area contributed by atoms with Gasteiger partial charge in [-0.15, -0.1) is 0 Å². The van der Waals surface area contributed by atoms with E-state index in [1.165, 1.54) is 0 Å². The number of aliphatic carboxylic acids is 1. The van der Waals surface area contributed by atoms with Crippen LogP contribution in [0.3, 0.4) is 0 Å². The van der Waals surface area contributed by atoms with Gasteiger partial charge in [0.2, 0.25) is 8.32 Å². The zero-order valence-electron chi connectivity index (χ0n) is 25.6. The van der Waals surface area contributed by atoms with Crippen LogP contribution in [-0.2, 0) is 9.22 Å². The fourth-order valence-corrected chi connectivity index (χ4v) is 12.9. The SMILES string of the molecule is COc1cc([C@H]2C[C@@H]2c2nccc(C)n2)nc2cc(N3C[C@@H](O[Si](C(C)C)(C(C)C)C(C)C)C[C@@H]3C(=O)O)ccc12. The van der Waals surface area contributed by atoms with Crippen molar-refractivity contribution >= 4 is 30.9 Å². The highest BCUT2D eigenvalue weighted by Crippen LogP contribution is 2.54. The van der Waals surface area contributed by atoms with E-state index >= 15 is 0 Å². The van der Waals surface area contributed by atoms with Crippen LogP contribution < -0.4 is 9.64 Å². The van der Waals surface area contributed by atoms with E-state index in [1.807, 2.05) is 48.4 Å². The number of carbonyl (C=O) groups is 1. The van der Waals surface area contributed by atoms with E-state index in [0.717, 1.165) is 46.0 Å². The summed E-state index contributed by atoms with van der Waals surface area (Å²) in [6.45, 7) is 16.1. The second-order valence-corrected chi connectivity index (χ2v) is 18.2. The minimum atomic E-state index is -2.15. The van der Waals surface area contributed by atoms with Crippen molar-refractivity contribution in [1.29, 1.82) is 0 Å². The maximum atomic E-state index is 12.5. The topological polar surface area (TPSA) is 97.7 Å². The lowest BCUT2D eigenvalue weighted by Crippen LogP contribution is -2.50. The van der Waals surface area contributed by atoms with Gasteiger partial charge in [-0.2, -0.15) is 0 Å². The zero-order chi connectivity index (χ0) is 29.6. The number of aryl methyl sites for hydroxylation is 1. The molecule has 220 valence electrons. The maximum absolute atomic E-state index is 12.5. The molecule has 1 saturated heterocycles. The van der Waals surface area contributed by atoms with Crippen molar-refractivity contribution in [2.24, 2.45) is 0 Å². The molecular weight excluding hydrogens is 532 g/mol. The first-order valence-electron chi connectivity index (χ1n) is 14.9. The zero-order valence-corrected chi connectivity index (χ0v) is 26.6. The monoisotopic (exact) mass is 576 g/mol. The summed E-state index contributed by atoms with van der Waals surface area (Å²) in [5.74, 6) is 1.29. The Morgan fingerprint density at radius 3 is 2.32 bits per heavy atom. The van der Waals surface area contributed by atoms with Crippen LogP contribution in [0.15, 0.2) is 36.5 Å². The van der Waals surface area contributed by atoms with E-state index in [0.29, 0.717) is 29.6 Å². The number of methoxy groups -OCH3 is 1. The number of hydrogen-bond donors (Lipinski definition) is 1. The average Bonchev–Trinajstić information content (AvgIpc) is 3.61. The van der Waals surface area contributed by atoms with Gasteiger partial charge in [0.25, 0.3) is 0 Å². The fourth-order valence-electron chi connectivity index (χ4n) is 7.30. The Kier molecular flexibility index (Phi) is 8.13. The van der Waals surface area contributed by atoms with Gasteiger partial charge in [-0.3, -0.25) is 4.98 Å². The van der Waals surface area contributed by atoms with E-state index in [9.17, 15) is 9.90 Å². The van der Waals surface area contributed by atoms with E-state index < -0.39 is 20.3 Å². The number of hydrogen-bond acceptors (Lipinski definition) is 7. The highest BCUT2D eigenvalue weighted by Gasteiger charge is 2.49. The third kappa shape index (κ3) is 5.46. The molecule has 41 heavy (non-hydrogen) atoms. The van der Waals surface area contributed by atoms with E-state index in [2.05, 4.69) is 51.5 Å². The summed E-state index contributed by atoms with van der Waals surface area (Å²) in [6.07, 6.45) is 3.12. The van der Waals surface area contributed by atoms with Crippen molar-refractivity contribution in [3.63, 3.8) is 0 Å². The van der Waals surface area contributed by atoms with Crippen molar-refractivity contribution in [3.8, 4) is 5.75 Å². The second-order valence-electron chi connectivity index (χ2n) is 12.8. The number of ether oxygens (including phenoxy) is 1. The summed E-state index contributed by atoms with van der Waals surface area (Å²) in [5.41, 5.74) is 4.89. The lowest BCUT2D eigenvalue weighted by molar-refractivity contribution is -0.138. The smallest absolute Gasteiger partial charge is 0.326 e. The molecule has 0 radical (unpaired) electrons. The van der Waals surface area contributed by atoms with Crippen LogP contribution in [0, 0.1) is 6.92 Å². The van der Waals surface area contributed by atoms with Gasteiger partial charge in [0.15, 0.2) is 0 Å². The highest BCUT2D eigenvalue weighted by molar-refractivity contribution is 6.77. The molecule has 3 heterocycles. The molecule has 0 spiro atoms. The molecule has 0 bridgehead atoms. The van der Waals surface area contributed by atoms with Crippen molar-refractivity contribution in [2.45, 2.75) is 102 Å². The van der Waals surface area contributed by atoms with Crippen LogP contribution in [0.4, 0.5) is 5.69 Å². The molecule has 0 amide bonds. The summed E-state index contributed by atoms with van der Waals surface area (Å²) in [4.78, 5) is 28.7. The predicted molar refractivity (Wildman–Crippen MR) is 164 cm³/mol. The quantitative estimate of drug-likeness (QED) is 0.262. The molecule has 3 aromatic rings. The Hall–Kier alpha value is -3.04. The van der Waals surface area contributed by atoms with Crippen LogP contribution in [-0.4, -0.2) is 60.1 Å². The van der Waals surface area contributed by atoms with Gasteiger partial charge in [0.05, 0.1) is 18.7 Å². The molecular formula is C32H44N4O4Si. The van der Waals surface area contributed by atoms with Gasteiger partial charge < -0.3 is 19.2 Å². The maximum Gasteiger partial charge on any atom is 0.326 e. The van der Waals surface area contributed by atoms with E-state index in [-0.39, 0.29) is 17.9 Å². The Morgan fingerprint density at radius 2 is 1.71 bits per heavy atom. The first-order chi connectivity index (χ1) is 19.5. The minimum Gasteiger partial charge on any atom is -0.496 e. The molecule has 1 saturated carbocycles. The molecule has 1 aromatic carbocycles. The van der Waals surface area contributed by atoms with Gasteiger partial charge in [0, 0.05) is 59.5 Å². The van der Waals surface area contributed by atoms with Crippen molar-refractivity contribution in [2.75, 3.05) is 18.6 Å². The lowest BCUT2D eigenvalue weighted by atomic mass is 10.1. The summed E-state index contributed by atoms with van der Waals surface area (Å²) < 4.78 is 12.8. The highest BCUT2D eigenvalue weighted by atomic mass is 28.4. The van der Waals surface area contributed by atoms with Gasteiger partial charge in [-0.25, -0.2) is 14.8 Å². The molecule has 4 atom stereocenters. The molecule has 8 nitrogen and oxygen atoms in total. The van der Waals surface area contributed by atoms with Gasteiger partial charge in [0.1, 0.15) is 17.6 Å². The number of anilines is 1. The number of carboxylic acid groups (broad SMARTS) is 1. The summed E-state index contributed by atoms with van der Waals surface area (Å²) in [5, 5.41) is 11.1. The average molecular weight is 577 g/mol. The van der Waals surface area contributed by atoms with Crippen LogP contribution in [0.25, 0.3) is 10.9 Å². The summed E-state index contributed by atoms with van der Waals surface area (Å²) in [6, 6.07) is 9.29. The molecule has 5 rings (SSSR count). The van der Waals surface area contributed by atoms with Crippen LogP contribution in [0.5, 0.6) is 5.75 Å². The van der Waals surface area contributed by atoms with Crippen LogP contribution in [0.2, 0.25) is 16.6 Å². The number of carboxylic acids is 1. The summed E-state index contributed by atoms with van der Waals surface area (Å²) >= 11 is 0. The molecule has 1 aliphatic carbocycles. The molecule has 2 fully saturated rings. The Balaban J connectivity index is 1.45. The number of aromatic nitrogens is 3. The van der Waals surface area contributed by atoms with Crippen molar-refractivity contribution in [3.05, 3.63) is 53.7 Å². The van der Waals surface area contributed by atoms with Gasteiger partial charge in [-0.05, 0) is 54.2 Å². The summed E-state index contributed by atoms with van der Waals surface area (Å²) in [7, 11) is -0.475. The Bertz CT molecular complexity index is 1410. The molecule has 1 aliphatic heterocycles. The molecule has 1 N–H and O–H groups in total. The standard InChI is InChI=1S/C32H44N4O4Si/c1-18(2)41(19(3)4,20(5)6)40-23-14-29(32(37)38)36(17-23)22-9-10-24-27(13-22)35-28(16-30(24)39-8)25-15-26(25)31-33-12-11-21(7)34-31/h9-13,16,18-20,23,25-26,29H,14-15,17H2,1-8H3,(H,37,38)/t23-,25-,26-,29+/m0/s1. The normalized spacial score (nSPS) is 22.8. The van der Waals surface area contributed by atoms with Crippen molar-refractivity contribution < 1.29 is 19.1 Å².